The van der Waals surface area contributed by atoms with Crippen molar-refractivity contribution < 1.29 is 19.0 Å². The first-order chi connectivity index (χ1) is 15.5. The van der Waals surface area contributed by atoms with Crippen LogP contribution in [0.25, 0.3) is 22.3 Å². The molecule has 164 valence electrons. The fraction of sp³-hybridized carbons (Fsp3) is 0.208. The van der Waals surface area contributed by atoms with Crippen molar-refractivity contribution in [2.24, 2.45) is 7.05 Å². The molecule has 0 spiro atoms. The average molecular weight is 432 g/mol. The second-order valence-electron chi connectivity index (χ2n) is 7.20. The van der Waals surface area contributed by atoms with Crippen LogP contribution in [0, 0.1) is 6.92 Å². The van der Waals surface area contributed by atoms with E-state index in [9.17, 15) is 4.79 Å². The second-order valence-corrected chi connectivity index (χ2v) is 7.20. The Kier molecular flexibility index (Phi) is 5.68. The van der Waals surface area contributed by atoms with E-state index in [1.165, 1.54) is 21.3 Å². The monoisotopic (exact) mass is 432 g/mol. The molecular formula is C24H24N4O4. The molecule has 32 heavy (non-hydrogen) atoms. The molecule has 2 aromatic heterocycles. The van der Waals surface area contributed by atoms with Crippen molar-refractivity contribution in [3.8, 4) is 28.5 Å². The molecule has 0 aliphatic heterocycles. The maximum atomic E-state index is 13.4. The minimum absolute atomic E-state index is 0.292. The molecule has 0 unspecified atom stereocenters. The summed E-state index contributed by atoms with van der Waals surface area (Å²) >= 11 is 0. The summed E-state index contributed by atoms with van der Waals surface area (Å²) in [6.45, 7) is 1.86. The molecule has 0 saturated heterocycles. The van der Waals surface area contributed by atoms with Gasteiger partial charge in [-0.25, -0.2) is 4.98 Å². The minimum atomic E-state index is -0.292. The fourth-order valence-corrected chi connectivity index (χ4v) is 3.73. The van der Waals surface area contributed by atoms with Gasteiger partial charge in [-0.3, -0.25) is 9.48 Å². The van der Waals surface area contributed by atoms with Gasteiger partial charge in [0.25, 0.3) is 5.91 Å². The summed E-state index contributed by atoms with van der Waals surface area (Å²) in [6.07, 6.45) is 0. The third kappa shape index (κ3) is 3.71. The zero-order chi connectivity index (χ0) is 22.8. The van der Waals surface area contributed by atoms with Crippen LogP contribution in [0.2, 0.25) is 0 Å². The van der Waals surface area contributed by atoms with Gasteiger partial charge in [0.15, 0.2) is 17.1 Å². The summed E-state index contributed by atoms with van der Waals surface area (Å²) < 4.78 is 17.8. The molecule has 1 amide bonds. The van der Waals surface area contributed by atoms with Crippen molar-refractivity contribution in [2.45, 2.75) is 6.92 Å². The van der Waals surface area contributed by atoms with Crippen LogP contribution >= 0.6 is 0 Å². The van der Waals surface area contributed by atoms with Crippen LogP contribution in [0.1, 0.15) is 16.1 Å². The Hall–Kier alpha value is -4.07. The first-order valence-electron chi connectivity index (χ1n) is 9.98. The Morgan fingerprint density at radius 2 is 1.62 bits per heavy atom. The number of aromatic nitrogens is 3. The smallest absolute Gasteiger partial charge is 0.256 e. The normalized spacial score (nSPS) is 10.8. The number of aryl methyl sites for hydroxylation is 2. The van der Waals surface area contributed by atoms with E-state index in [-0.39, 0.29) is 5.91 Å². The molecule has 0 saturated carbocycles. The largest absolute Gasteiger partial charge is 0.493 e. The molecule has 1 N–H and O–H groups in total. The number of benzene rings is 2. The third-order valence-electron chi connectivity index (χ3n) is 5.21. The summed E-state index contributed by atoms with van der Waals surface area (Å²) in [5, 5.41) is 8.12. The molecule has 8 nitrogen and oxygen atoms in total. The van der Waals surface area contributed by atoms with Crippen molar-refractivity contribution in [2.75, 3.05) is 26.6 Å². The molecular weight excluding hydrogens is 408 g/mol. The van der Waals surface area contributed by atoms with E-state index in [4.69, 9.17) is 19.2 Å². The zero-order valence-corrected chi connectivity index (χ0v) is 18.6. The predicted molar refractivity (Wildman–Crippen MR) is 123 cm³/mol. The molecule has 0 radical (unpaired) electrons. The predicted octanol–water partition coefficient (Wildman–Crippen LogP) is 4.22. The van der Waals surface area contributed by atoms with E-state index in [1.807, 2.05) is 44.3 Å². The third-order valence-corrected chi connectivity index (χ3v) is 5.21. The van der Waals surface area contributed by atoms with E-state index in [1.54, 1.807) is 22.9 Å². The van der Waals surface area contributed by atoms with Gasteiger partial charge in [-0.2, -0.15) is 5.10 Å². The van der Waals surface area contributed by atoms with E-state index in [2.05, 4.69) is 10.4 Å². The number of methoxy groups -OCH3 is 3. The summed E-state index contributed by atoms with van der Waals surface area (Å²) in [6, 6.07) is 14.9. The number of nitrogens with one attached hydrogen (secondary N) is 1. The van der Waals surface area contributed by atoms with Crippen LogP contribution in [0.3, 0.4) is 0 Å². The van der Waals surface area contributed by atoms with Crippen LogP contribution in [-0.2, 0) is 7.05 Å². The lowest BCUT2D eigenvalue weighted by Gasteiger charge is -2.15. The SMILES string of the molecule is COc1cc(NC(=O)c2cc(-c3ccccc3)nc3c2c(C)nn3C)cc(OC)c1OC. The van der Waals surface area contributed by atoms with Crippen molar-refractivity contribution in [3.63, 3.8) is 0 Å². The molecule has 4 aromatic rings. The fourth-order valence-electron chi connectivity index (χ4n) is 3.73. The van der Waals surface area contributed by atoms with Gasteiger partial charge in [0.05, 0.1) is 43.7 Å². The number of ether oxygens (including phenoxy) is 3. The second kappa shape index (κ2) is 8.58. The van der Waals surface area contributed by atoms with E-state index in [0.29, 0.717) is 45.2 Å². The standard InChI is InChI=1S/C24H24N4O4/c1-14-21-17(13-18(15-9-7-6-8-10-15)26-23(21)28(2)27-14)24(29)25-16-11-19(30-3)22(32-5)20(12-16)31-4/h6-13H,1-5H3,(H,25,29). The Morgan fingerprint density at radius 1 is 0.969 bits per heavy atom. The Bertz CT molecular complexity index is 1270. The zero-order valence-electron chi connectivity index (χ0n) is 18.6. The number of carbonyl (C=O) groups excluding carboxylic acids is 1. The van der Waals surface area contributed by atoms with Gasteiger partial charge in [-0.05, 0) is 13.0 Å². The van der Waals surface area contributed by atoms with Crippen LogP contribution < -0.4 is 19.5 Å². The van der Waals surface area contributed by atoms with Gasteiger partial charge in [0.1, 0.15) is 0 Å². The summed E-state index contributed by atoms with van der Waals surface area (Å²) in [5.41, 5.74) is 3.96. The summed E-state index contributed by atoms with van der Waals surface area (Å²) in [7, 11) is 6.40. The highest BCUT2D eigenvalue weighted by molar-refractivity contribution is 6.13. The quantitative estimate of drug-likeness (QED) is 0.491. The Labute approximate surface area is 185 Å². The topological polar surface area (TPSA) is 87.5 Å². The first kappa shape index (κ1) is 21.2. The first-order valence-corrected chi connectivity index (χ1v) is 9.98. The number of nitrogens with zero attached hydrogens (tertiary/aromatic N) is 3. The summed E-state index contributed by atoms with van der Waals surface area (Å²) in [5.74, 6) is 1.06. The van der Waals surface area contributed by atoms with Crippen molar-refractivity contribution in [3.05, 3.63) is 59.8 Å². The van der Waals surface area contributed by atoms with Crippen molar-refractivity contribution in [1.29, 1.82) is 0 Å². The van der Waals surface area contributed by atoms with Crippen LogP contribution in [0.5, 0.6) is 17.2 Å². The molecule has 0 atom stereocenters. The molecule has 8 heteroatoms. The maximum Gasteiger partial charge on any atom is 0.256 e. The molecule has 2 aromatic carbocycles. The van der Waals surface area contributed by atoms with Gasteiger partial charge in [0, 0.05) is 30.4 Å². The van der Waals surface area contributed by atoms with Crippen LogP contribution in [-0.4, -0.2) is 42.0 Å². The Balaban J connectivity index is 1.82. The highest BCUT2D eigenvalue weighted by atomic mass is 16.5. The molecule has 0 fully saturated rings. The molecule has 0 aliphatic rings. The van der Waals surface area contributed by atoms with Gasteiger partial charge in [-0.15, -0.1) is 0 Å². The number of hydrogen-bond acceptors (Lipinski definition) is 6. The number of amides is 1. The lowest BCUT2D eigenvalue weighted by Crippen LogP contribution is -2.14. The van der Waals surface area contributed by atoms with Gasteiger partial charge in [0.2, 0.25) is 5.75 Å². The van der Waals surface area contributed by atoms with E-state index >= 15 is 0 Å². The van der Waals surface area contributed by atoms with Gasteiger partial charge < -0.3 is 19.5 Å². The number of pyridine rings is 1. The molecule has 2 heterocycles. The Morgan fingerprint density at radius 3 is 2.22 bits per heavy atom. The average Bonchev–Trinajstić information content (AvgIpc) is 3.11. The van der Waals surface area contributed by atoms with Crippen molar-refractivity contribution in [1.82, 2.24) is 14.8 Å². The highest BCUT2D eigenvalue weighted by Gasteiger charge is 2.21. The lowest BCUT2D eigenvalue weighted by molar-refractivity contribution is 0.102. The number of hydrogen-bond donors (Lipinski definition) is 1. The molecule has 4 rings (SSSR count). The molecule has 0 bridgehead atoms. The lowest BCUT2D eigenvalue weighted by atomic mass is 10.0. The molecule has 0 aliphatic carbocycles. The van der Waals surface area contributed by atoms with E-state index in [0.717, 1.165) is 11.3 Å². The van der Waals surface area contributed by atoms with Crippen LogP contribution in [0.15, 0.2) is 48.5 Å². The minimum Gasteiger partial charge on any atom is -0.493 e. The van der Waals surface area contributed by atoms with E-state index < -0.39 is 0 Å². The van der Waals surface area contributed by atoms with Gasteiger partial charge in [-0.1, -0.05) is 30.3 Å². The number of carbonyl (C=O) groups is 1. The van der Waals surface area contributed by atoms with Gasteiger partial charge >= 0.3 is 0 Å². The summed E-state index contributed by atoms with van der Waals surface area (Å²) in [4.78, 5) is 18.2. The van der Waals surface area contributed by atoms with Crippen LogP contribution in [0.4, 0.5) is 5.69 Å². The maximum absolute atomic E-state index is 13.4. The number of fused-ring (bicyclic) bond motifs is 1. The number of rotatable bonds is 6. The number of anilines is 1. The highest BCUT2D eigenvalue weighted by Crippen LogP contribution is 2.40. The van der Waals surface area contributed by atoms with Crippen molar-refractivity contribution >= 4 is 22.6 Å².